The summed E-state index contributed by atoms with van der Waals surface area (Å²) in [5.41, 5.74) is 1.73. The Morgan fingerprint density at radius 2 is 1.96 bits per heavy atom. The molecule has 0 radical (unpaired) electrons. The summed E-state index contributed by atoms with van der Waals surface area (Å²) in [6, 6.07) is 0.258. The Morgan fingerprint density at radius 3 is 2.67 bits per heavy atom. The number of rotatable bonds is 4. The van der Waals surface area contributed by atoms with Gasteiger partial charge in [-0.2, -0.15) is 0 Å². The van der Waals surface area contributed by atoms with Crippen molar-refractivity contribution >= 4 is 28.8 Å². The van der Waals surface area contributed by atoms with Gasteiger partial charge in [0.25, 0.3) is 5.91 Å². The van der Waals surface area contributed by atoms with E-state index in [0.29, 0.717) is 42.9 Å². The van der Waals surface area contributed by atoms with Crippen molar-refractivity contribution in [2.24, 2.45) is 0 Å². The SMILES string of the molecule is C=CC(=O)N1CCN(c2cnc3[nH]cc(C(=O)NC4CCCC4)c3n2)CC1. The van der Waals surface area contributed by atoms with Crippen molar-refractivity contribution in [3.05, 3.63) is 30.6 Å². The number of H-pyrrole nitrogens is 1. The van der Waals surface area contributed by atoms with Crippen LogP contribution in [0.2, 0.25) is 0 Å². The molecule has 1 aliphatic heterocycles. The van der Waals surface area contributed by atoms with Crippen LogP contribution in [0.15, 0.2) is 25.0 Å². The maximum Gasteiger partial charge on any atom is 0.255 e. The lowest BCUT2D eigenvalue weighted by Gasteiger charge is -2.34. The van der Waals surface area contributed by atoms with E-state index >= 15 is 0 Å². The van der Waals surface area contributed by atoms with Crippen molar-refractivity contribution in [3.8, 4) is 0 Å². The molecule has 2 aliphatic rings. The summed E-state index contributed by atoms with van der Waals surface area (Å²) in [5, 5.41) is 3.10. The number of hydrogen-bond acceptors (Lipinski definition) is 5. The number of fused-ring (bicyclic) bond motifs is 1. The van der Waals surface area contributed by atoms with Gasteiger partial charge in [-0.15, -0.1) is 0 Å². The van der Waals surface area contributed by atoms with Gasteiger partial charge in [0.05, 0.1) is 11.8 Å². The van der Waals surface area contributed by atoms with Crippen LogP contribution in [0, 0.1) is 0 Å². The fourth-order valence-corrected chi connectivity index (χ4v) is 3.83. The summed E-state index contributed by atoms with van der Waals surface area (Å²) < 4.78 is 0. The predicted octanol–water partition coefficient (Wildman–Crippen LogP) is 1.46. The molecule has 0 spiro atoms. The van der Waals surface area contributed by atoms with Crippen LogP contribution in [0.3, 0.4) is 0 Å². The van der Waals surface area contributed by atoms with Crippen molar-refractivity contribution in [2.75, 3.05) is 31.1 Å². The van der Waals surface area contributed by atoms with Gasteiger partial charge in [-0.3, -0.25) is 9.59 Å². The Hall–Kier alpha value is -2.90. The second-order valence-electron chi connectivity index (χ2n) is 7.10. The van der Waals surface area contributed by atoms with Crippen molar-refractivity contribution < 1.29 is 9.59 Å². The smallest absolute Gasteiger partial charge is 0.255 e. The van der Waals surface area contributed by atoms with Crippen LogP contribution in [-0.2, 0) is 4.79 Å². The van der Waals surface area contributed by atoms with Gasteiger partial charge in [-0.25, -0.2) is 9.97 Å². The Morgan fingerprint density at radius 1 is 1.22 bits per heavy atom. The lowest BCUT2D eigenvalue weighted by atomic mass is 10.2. The van der Waals surface area contributed by atoms with Crippen molar-refractivity contribution in [3.63, 3.8) is 0 Å². The lowest BCUT2D eigenvalue weighted by molar-refractivity contribution is -0.126. The zero-order valence-electron chi connectivity index (χ0n) is 15.3. The van der Waals surface area contributed by atoms with Crippen molar-refractivity contribution in [2.45, 2.75) is 31.7 Å². The molecule has 1 saturated carbocycles. The van der Waals surface area contributed by atoms with Crippen LogP contribution in [0.4, 0.5) is 5.82 Å². The molecule has 2 amide bonds. The highest BCUT2D eigenvalue weighted by Crippen LogP contribution is 2.22. The van der Waals surface area contributed by atoms with Gasteiger partial charge in [0.1, 0.15) is 11.3 Å². The van der Waals surface area contributed by atoms with E-state index in [0.717, 1.165) is 18.7 Å². The molecule has 1 saturated heterocycles. The number of nitrogens with zero attached hydrogens (tertiary/aromatic N) is 4. The Balaban J connectivity index is 1.51. The molecule has 8 nitrogen and oxygen atoms in total. The molecular formula is C19H24N6O2. The number of carbonyl (C=O) groups excluding carboxylic acids is 2. The zero-order chi connectivity index (χ0) is 18.8. The molecule has 8 heteroatoms. The third-order valence-electron chi connectivity index (χ3n) is 5.39. The van der Waals surface area contributed by atoms with Gasteiger partial charge in [0, 0.05) is 38.4 Å². The maximum absolute atomic E-state index is 12.6. The predicted molar refractivity (Wildman–Crippen MR) is 103 cm³/mol. The lowest BCUT2D eigenvalue weighted by Crippen LogP contribution is -2.48. The van der Waals surface area contributed by atoms with Crippen LogP contribution in [0.25, 0.3) is 11.2 Å². The van der Waals surface area contributed by atoms with Gasteiger partial charge in [0.15, 0.2) is 5.65 Å². The molecule has 0 bridgehead atoms. The second kappa shape index (κ2) is 7.38. The van der Waals surface area contributed by atoms with E-state index in [4.69, 9.17) is 4.98 Å². The van der Waals surface area contributed by atoms with Crippen LogP contribution in [0.1, 0.15) is 36.0 Å². The topological polar surface area (TPSA) is 94.2 Å². The molecule has 2 fully saturated rings. The van der Waals surface area contributed by atoms with Gasteiger partial charge in [0.2, 0.25) is 5.91 Å². The minimum Gasteiger partial charge on any atom is -0.352 e. The largest absolute Gasteiger partial charge is 0.352 e. The standard InChI is InChI=1S/C19H24N6O2/c1-2-16(26)25-9-7-24(8-10-25)15-12-21-18-17(23-15)14(11-20-18)19(27)22-13-5-3-4-6-13/h2,11-13H,1,3-10H2,(H,20,21)(H,22,27). The number of aromatic amines is 1. The summed E-state index contributed by atoms with van der Waals surface area (Å²) >= 11 is 0. The molecule has 3 heterocycles. The zero-order valence-corrected chi connectivity index (χ0v) is 15.3. The summed E-state index contributed by atoms with van der Waals surface area (Å²) in [4.78, 5) is 40.4. The third-order valence-corrected chi connectivity index (χ3v) is 5.39. The van der Waals surface area contributed by atoms with E-state index in [1.54, 1.807) is 17.3 Å². The first-order valence-electron chi connectivity index (χ1n) is 9.47. The molecule has 142 valence electrons. The fraction of sp³-hybridized carbons (Fsp3) is 0.474. The third kappa shape index (κ3) is 3.51. The average Bonchev–Trinajstić information content (AvgIpc) is 3.36. The van der Waals surface area contributed by atoms with Crippen molar-refractivity contribution in [1.82, 2.24) is 25.2 Å². The summed E-state index contributed by atoms with van der Waals surface area (Å²) in [6.45, 7) is 6.12. The van der Waals surface area contributed by atoms with E-state index < -0.39 is 0 Å². The van der Waals surface area contributed by atoms with Gasteiger partial charge < -0.3 is 20.1 Å². The van der Waals surface area contributed by atoms with Gasteiger partial charge in [-0.1, -0.05) is 19.4 Å². The molecule has 2 aromatic rings. The molecule has 0 aromatic carbocycles. The van der Waals surface area contributed by atoms with E-state index in [1.807, 2.05) is 0 Å². The Kier molecular flexibility index (Phi) is 4.79. The number of hydrogen-bond donors (Lipinski definition) is 2. The number of carbonyl (C=O) groups is 2. The minimum absolute atomic E-state index is 0.0484. The monoisotopic (exact) mass is 368 g/mol. The minimum atomic E-state index is -0.0963. The van der Waals surface area contributed by atoms with Crippen molar-refractivity contribution in [1.29, 1.82) is 0 Å². The first kappa shape index (κ1) is 17.5. The maximum atomic E-state index is 12.6. The summed E-state index contributed by atoms with van der Waals surface area (Å²) in [5.74, 6) is 0.580. The average molecular weight is 368 g/mol. The molecule has 27 heavy (non-hydrogen) atoms. The van der Waals surface area contributed by atoms with Crippen LogP contribution in [0.5, 0.6) is 0 Å². The molecule has 0 unspecified atom stereocenters. The highest BCUT2D eigenvalue weighted by atomic mass is 16.2. The summed E-state index contributed by atoms with van der Waals surface area (Å²) in [7, 11) is 0. The van der Waals surface area contributed by atoms with Crippen LogP contribution in [-0.4, -0.2) is 63.9 Å². The molecule has 0 atom stereocenters. The first-order chi connectivity index (χ1) is 13.2. The normalized spacial score (nSPS) is 18.1. The molecule has 1 aliphatic carbocycles. The van der Waals surface area contributed by atoms with Gasteiger partial charge in [-0.05, 0) is 18.9 Å². The highest BCUT2D eigenvalue weighted by molar-refractivity contribution is 6.04. The molecule has 2 N–H and O–H groups in total. The van der Waals surface area contributed by atoms with E-state index in [2.05, 4.69) is 26.8 Å². The van der Waals surface area contributed by atoms with Crippen LogP contribution < -0.4 is 10.2 Å². The Labute approximate surface area is 157 Å². The number of piperazine rings is 1. The fourth-order valence-electron chi connectivity index (χ4n) is 3.83. The van der Waals surface area contributed by atoms with Gasteiger partial charge >= 0.3 is 0 Å². The van der Waals surface area contributed by atoms with E-state index in [9.17, 15) is 9.59 Å². The first-order valence-corrected chi connectivity index (χ1v) is 9.47. The molecular weight excluding hydrogens is 344 g/mol. The van der Waals surface area contributed by atoms with E-state index in [1.165, 1.54) is 18.9 Å². The second-order valence-corrected chi connectivity index (χ2v) is 7.10. The van der Waals surface area contributed by atoms with E-state index in [-0.39, 0.29) is 17.9 Å². The number of nitrogens with one attached hydrogen (secondary N) is 2. The number of aromatic nitrogens is 3. The number of anilines is 1. The number of amides is 2. The highest BCUT2D eigenvalue weighted by Gasteiger charge is 2.23. The molecule has 4 rings (SSSR count). The summed E-state index contributed by atoms with van der Waals surface area (Å²) in [6.07, 6.45) is 9.15. The molecule has 2 aromatic heterocycles. The quantitative estimate of drug-likeness (QED) is 0.797. The Bertz CT molecular complexity index is 862. The van der Waals surface area contributed by atoms with Crippen LogP contribution >= 0.6 is 0 Å².